The predicted molar refractivity (Wildman–Crippen MR) is 111 cm³/mol. The largest absolute Gasteiger partial charge is 0.494 e. The van der Waals surface area contributed by atoms with Gasteiger partial charge in [0.1, 0.15) is 18.1 Å². The monoisotopic (exact) mass is 385 g/mol. The molecule has 1 amide bonds. The molecule has 0 spiro atoms. The summed E-state index contributed by atoms with van der Waals surface area (Å²) in [7, 11) is 0. The second kappa shape index (κ2) is 12.8. The van der Waals surface area contributed by atoms with E-state index in [9.17, 15) is 4.79 Å². The fourth-order valence-corrected chi connectivity index (χ4v) is 2.64. The van der Waals surface area contributed by atoms with E-state index in [1.165, 1.54) is 0 Å². The minimum atomic E-state index is -0.133. The van der Waals surface area contributed by atoms with Crippen molar-refractivity contribution in [1.82, 2.24) is 5.32 Å². The number of carbonyl (C=O) groups is 1. The first-order chi connectivity index (χ1) is 13.7. The van der Waals surface area contributed by atoms with Crippen molar-refractivity contribution in [3.05, 3.63) is 59.7 Å². The van der Waals surface area contributed by atoms with Crippen LogP contribution in [-0.4, -0.2) is 38.9 Å². The summed E-state index contributed by atoms with van der Waals surface area (Å²) in [5.41, 5.74) is 1.70. The fraction of sp³-hybridized carbons (Fsp3) is 0.435. The smallest absolute Gasteiger partial charge is 0.255 e. The minimum absolute atomic E-state index is 0.133. The summed E-state index contributed by atoms with van der Waals surface area (Å²) in [6.45, 7) is 6.97. The van der Waals surface area contributed by atoms with E-state index < -0.39 is 0 Å². The van der Waals surface area contributed by atoms with Gasteiger partial charge in [-0.2, -0.15) is 0 Å². The number of para-hydroxylation sites is 1. The maximum Gasteiger partial charge on any atom is 0.255 e. The summed E-state index contributed by atoms with van der Waals surface area (Å²) in [5, 5.41) is 2.96. The van der Waals surface area contributed by atoms with Crippen LogP contribution in [0, 0.1) is 0 Å². The van der Waals surface area contributed by atoms with Crippen LogP contribution in [0.1, 0.15) is 42.6 Å². The molecule has 28 heavy (non-hydrogen) atoms. The summed E-state index contributed by atoms with van der Waals surface area (Å²) in [5.74, 6) is 1.33. The number of nitrogens with one attached hydrogen (secondary N) is 1. The Morgan fingerprint density at radius 3 is 2.46 bits per heavy atom. The molecule has 2 rings (SSSR count). The topological polar surface area (TPSA) is 56.8 Å². The third kappa shape index (κ3) is 7.61. The molecule has 1 N–H and O–H groups in total. The van der Waals surface area contributed by atoms with Gasteiger partial charge in [0, 0.05) is 13.2 Å². The molecule has 0 aromatic heterocycles. The predicted octanol–water partition coefficient (Wildman–Crippen LogP) is 4.25. The van der Waals surface area contributed by atoms with E-state index in [1.54, 1.807) is 12.1 Å². The van der Waals surface area contributed by atoms with Crippen molar-refractivity contribution in [3.8, 4) is 11.5 Å². The number of unbranched alkanes of at least 4 members (excludes halogenated alkanes) is 1. The number of hydrogen-bond donors (Lipinski definition) is 1. The van der Waals surface area contributed by atoms with Crippen molar-refractivity contribution >= 4 is 5.91 Å². The molecule has 0 saturated heterocycles. The molecule has 0 bridgehead atoms. The van der Waals surface area contributed by atoms with Crippen LogP contribution in [0.3, 0.4) is 0 Å². The van der Waals surface area contributed by atoms with E-state index in [4.69, 9.17) is 14.2 Å². The van der Waals surface area contributed by atoms with Crippen molar-refractivity contribution < 1.29 is 19.0 Å². The molecule has 152 valence electrons. The van der Waals surface area contributed by atoms with E-state index in [0.29, 0.717) is 37.7 Å². The Bertz CT molecular complexity index is 700. The normalized spacial score (nSPS) is 10.5. The molecule has 5 nitrogen and oxygen atoms in total. The SMILES string of the molecule is CCCCOc1ccc(CCNC(=O)c2ccccc2OCCOCC)cc1. The number of ether oxygens (including phenoxy) is 3. The summed E-state index contributed by atoms with van der Waals surface area (Å²) in [6.07, 6.45) is 2.94. The third-order valence-corrected chi connectivity index (χ3v) is 4.21. The molecule has 2 aromatic carbocycles. The lowest BCUT2D eigenvalue weighted by Gasteiger charge is -2.12. The average molecular weight is 386 g/mol. The average Bonchev–Trinajstić information content (AvgIpc) is 2.73. The number of hydrogen-bond acceptors (Lipinski definition) is 4. The van der Waals surface area contributed by atoms with Gasteiger partial charge in [0.25, 0.3) is 5.91 Å². The molecule has 0 aliphatic rings. The number of carbonyl (C=O) groups excluding carboxylic acids is 1. The maximum absolute atomic E-state index is 12.5. The van der Waals surface area contributed by atoms with Crippen LogP contribution in [0.2, 0.25) is 0 Å². The zero-order valence-electron chi connectivity index (χ0n) is 16.9. The molecule has 5 heteroatoms. The molecular weight excluding hydrogens is 354 g/mol. The number of rotatable bonds is 13. The van der Waals surface area contributed by atoms with Crippen LogP contribution in [0.5, 0.6) is 11.5 Å². The van der Waals surface area contributed by atoms with Gasteiger partial charge in [-0.3, -0.25) is 4.79 Å². The lowest BCUT2D eigenvalue weighted by atomic mass is 10.1. The maximum atomic E-state index is 12.5. The van der Waals surface area contributed by atoms with E-state index in [0.717, 1.165) is 37.2 Å². The summed E-state index contributed by atoms with van der Waals surface area (Å²) in [4.78, 5) is 12.5. The molecule has 0 radical (unpaired) electrons. The highest BCUT2D eigenvalue weighted by molar-refractivity contribution is 5.96. The third-order valence-electron chi connectivity index (χ3n) is 4.21. The molecule has 0 fully saturated rings. The van der Waals surface area contributed by atoms with Crippen LogP contribution in [0.4, 0.5) is 0 Å². The molecule has 0 saturated carbocycles. The Balaban J connectivity index is 1.79. The second-order valence-corrected chi connectivity index (χ2v) is 6.39. The van der Waals surface area contributed by atoms with Gasteiger partial charge < -0.3 is 19.5 Å². The highest BCUT2D eigenvalue weighted by Crippen LogP contribution is 2.18. The first kappa shape index (κ1) is 21.8. The van der Waals surface area contributed by atoms with Crippen molar-refractivity contribution in [2.24, 2.45) is 0 Å². The zero-order valence-corrected chi connectivity index (χ0v) is 16.9. The van der Waals surface area contributed by atoms with Crippen LogP contribution in [0.25, 0.3) is 0 Å². The zero-order chi connectivity index (χ0) is 20.0. The van der Waals surface area contributed by atoms with Gasteiger partial charge in [-0.05, 0) is 49.6 Å². The molecule has 0 heterocycles. The van der Waals surface area contributed by atoms with E-state index in [2.05, 4.69) is 12.2 Å². The summed E-state index contributed by atoms with van der Waals surface area (Å²) in [6, 6.07) is 15.3. The van der Waals surface area contributed by atoms with Crippen molar-refractivity contribution in [2.75, 3.05) is 33.0 Å². The summed E-state index contributed by atoms with van der Waals surface area (Å²) >= 11 is 0. The summed E-state index contributed by atoms with van der Waals surface area (Å²) < 4.78 is 16.6. The molecule has 0 unspecified atom stereocenters. The molecular formula is C23H31NO4. The van der Waals surface area contributed by atoms with E-state index in [1.807, 2.05) is 43.3 Å². The van der Waals surface area contributed by atoms with Crippen LogP contribution in [0.15, 0.2) is 48.5 Å². The van der Waals surface area contributed by atoms with Gasteiger partial charge in [-0.15, -0.1) is 0 Å². The fourth-order valence-electron chi connectivity index (χ4n) is 2.64. The van der Waals surface area contributed by atoms with Gasteiger partial charge in [0.05, 0.1) is 18.8 Å². The standard InChI is InChI=1S/C23H31NO4/c1-3-5-16-27-20-12-10-19(11-13-20)14-15-24-23(25)21-8-6-7-9-22(21)28-18-17-26-4-2/h6-13H,3-5,14-18H2,1-2H3,(H,24,25). The second-order valence-electron chi connectivity index (χ2n) is 6.39. The number of benzene rings is 2. The Morgan fingerprint density at radius 1 is 0.929 bits per heavy atom. The molecule has 0 aliphatic carbocycles. The highest BCUT2D eigenvalue weighted by atomic mass is 16.5. The van der Waals surface area contributed by atoms with Gasteiger partial charge in [-0.25, -0.2) is 0 Å². The highest BCUT2D eigenvalue weighted by Gasteiger charge is 2.11. The van der Waals surface area contributed by atoms with Gasteiger partial charge in [-0.1, -0.05) is 37.6 Å². The van der Waals surface area contributed by atoms with Gasteiger partial charge in [0.2, 0.25) is 0 Å². The molecule has 0 atom stereocenters. The van der Waals surface area contributed by atoms with E-state index in [-0.39, 0.29) is 5.91 Å². The Labute approximate surface area is 168 Å². The van der Waals surface area contributed by atoms with Crippen molar-refractivity contribution in [2.45, 2.75) is 33.1 Å². The van der Waals surface area contributed by atoms with Gasteiger partial charge in [0.15, 0.2) is 0 Å². The lowest BCUT2D eigenvalue weighted by molar-refractivity contribution is 0.0937. The first-order valence-corrected chi connectivity index (χ1v) is 10.0. The van der Waals surface area contributed by atoms with Crippen molar-refractivity contribution in [1.29, 1.82) is 0 Å². The number of amides is 1. The van der Waals surface area contributed by atoms with E-state index >= 15 is 0 Å². The van der Waals surface area contributed by atoms with Crippen LogP contribution < -0.4 is 14.8 Å². The first-order valence-electron chi connectivity index (χ1n) is 10.0. The van der Waals surface area contributed by atoms with Crippen LogP contribution in [-0.2, 0) is 11.2 Å². The Morgan fingerprint density at radius 2 is 1.71 bits per heavy atom. The molecule has 2 aromatic rings. The van der Waals surface area contributed by atoms with Crippen LogP contribution >= 0.6 is 0 Å². The molecule has 0 aliphatic heterocycles. The van der Waals surface area contributed by atoms with Crippen molar-refractivity contribution in [3.63, 3.8) is 0 Å². The minimum Gasteiger partial charge on any atom is -0.494 e. The lowest BCUT2D eigenvalue weighted by Crippen LogP contribution is -2.26. The Kier molecular flexibility index (Phi) is 9.94. The quantitative estimate of drug-likeness (QED) is 0.524. The Hall–Kier alpha value is -2.53. The van der Waals surface area contributed by atoms with Gasteiger partial charge >= 0.3 is 0 Å².